The molecule has 0 aliphatic heterocycles. The summed E-state index contributed by atoms with van der Waals surface area (Å²) in [6.07, 6.45) is 3.20. The monoisotopic (exact) mass is 402 g/mol. The molecule has 0 radical (unpaired) electrons. The number of rotatable bonds is 3. The second-order valence-corrected chi connectivity index (χ2v) is 7.13. The lowest BCUT2D eigenvalue weighted by Crippen LogP contribution is -2.22. The largest absolute Gasteiger partial charge is 0.331 e. The molecule has 0 bridgehead atoms. The fourth-order valence-electron chi connectivity index (χ4n) is 3.20. The van der Waals surface area contributed by atoms with Crippen molar-refractivity contribution in [2.24, 2.45) is 0 Å². The summed E-state index contributed by atoms with van der Waals surface area (Å²) >= 11 is 5.46. The van der Waals surface area contributed by atoms with E-state index in [0.717, 1.165) is 16.8 Å². The zero-order valence-electron chi connectivity index (χ0n) is 15.9. The number of amides is 1. The van der Waals surface area contributed by atoms with E-state index in [-0.39, 0.29) is 16.2 Å². The predicted molar refractivity (Wildman–Crippen MR) is 116 cm³/mol. The van der Waals surface area contributed by atoms with Crippen LogP contribution in [0.1, 0.15) is 21.5 Å². The summed E-state index contributed by atoms with van der Waals surface area (Å²) in [5.41, 5.74) is 4.10. The number of aromatic nitrogens is 3. The molecule has 0 aliphatic rings. The second kappa shape index (κ2) is 7.44. The number of anilines is 1. The highest BCUT2D eigenvalue weighted by Crippen LogP contribution is 2.19. The first-order valence-corrected chi connectivity index (χ1v) is 9.43. The maximum Gasteiger partial charge on any atom is 0.266 e. The number of aromatic amines is 1. The third-order valence-corrected chi connectivity index (χ3v) is 5.18. The maximum atomic E-state index is 13.2. The number of carbonyl (C=O) groups is 1. The standard InChI is InChI=1S/C22H18N4O2S/c1-13-5-3-7-19(14(13)2)26-21(28)17-9-8-15(11-18(17)25-22(26)29)20(27)24-16-6-4-10-23-12-16/h3-12H,1-2H3,(H,24,27)(H,25,29). The lowest BCUT2D eigenvalue weighted by atomic mass is 10.1. The Morgan fingerprint density at radius 1 is 1.14 bits per heavy atom. The Hall–Kier alpha value is -3.58. The molecule has 0 fully saturated rings. The molecule has 2 aromatic carbocycles. The summed E-state index contributed by atoms with van der Waals surface area (Å²) in [4.78, 5) is 32.8. The quantitative estimate of drug-likeness (QED) is 0.501. The summed E-state index contributed by atoms with van der Waals surface area (Å²) in [5, 5.41) is 3.23. The predicted octanol–water partition coefficient (Wildman–Crippen LogP) is 4.31. The normalized spacial score (nSPS) is 10.8. The SMILES string of the molecule is Cc1cccc(-n2c(=S)[nH]c3cc(C(=O)Nc4cccnc4)ccc3c2=O)c1C. The van der Waals surface area contributed by atoms with Crippen LogP contribution in [0.4, 0.5) is 5.69 Å². The Morgan fingerprint density at radius 2 is 1.97 bits per heavy atom. The van der Waals surface area contributed by atoms with E-state index in [2.05, 4.69) is 15.3 Å². The lowest BCUT2D eigenvalue weighted by Gasteiger charge is -2.13. The van der Waals surface area contributed by atoms with Gasteiger partial charge in [-0.3, -0.25) is 19.1 Å². The van der Waals surface area contributed by atoms with Crippen molar-refractivity contribution in [2.45, 2.75) is 13.8 Å². The number of fused-ring (bicyclic) bond motifs is 1. The van der Waals surface area contributed by atoms with Crippen LogP contribution in [0, 0.1) is 18.6 Å². The van der Waals surface area contributed by atoms with E-state index in [1.807, 2.05) is 32.0 Å². The third kappa shape index (κ3) is 3.48. The van der Waals surface area contributed by atoms with Gasteiger partial charge in [-0.25, -0.2) is 0 Å². The van der Waals surface area contributed by atoms with Crippen molar-refractivity contribution in [1.29, 1.82) is 0 Å². The van der Waals surface area contributed by atoms with Gasteiger partial charge >= 0.3 is 0 Å². The van der Waals surface area contributed by atoms with Crippen molar-refractivity contribution < 1.29 is 4.79 Å². The summed E-state index contributed by atoms with van der Waals surface area (Å²) in [7, 11) is 0. The van der Waals surface area contributed by atoms with Crippen LogP contribution in [0.25, 0.3) is 16.6 Å². The number of pyridine rings is 1. The van der Waals surface area contributed by atoms with Gasteiger partial charge in [0.25, 0.3) is 11.5 Å². The van der Waals surface area contributed by atoms with Crippen molar-refractivity contribution in [2.75, 3.05) is 5.32 Å². The van der Waals surface area contributed by atoms with Crippen molar-refractivity contribution in [3.05, 3.63) is 92.7 Å². The number of nitrogens with zero attached hydrogens (tertiary/aromatic N) is 2. The average Bonchev–Trinajstić information content (AvgIpc) is 2.71. The first-order chi connectivity index (χ1) is 14.0. The lowest BCUT2D eigenvalue weighted by molar-refractivity contribution is 0.102. The van der Waals surface area contributed by atoms with Gasteiger partial charge in [-0.05, 0) is 73.6 Å². The zero-order valence-corrected chi connectivity index (χ0v) is 16.7. The van der Waals surface area contributed by atoms with Crippen LogP contribution in [0.3, 0.4) is 0 Å². The Kier molecular flexibility index (Phi) is 4.82. The number of aryl methyl sites for hydroxylation is 1. The van der Waals surface area contributed by atoms with E-state index in [1.54, 1.807) is 42.7 Å². The molecule has 7 heteroatoms. The Balaban J connectivity index is 1.80. The van der Waals surface area contributed by atoms with Gasteiger partial charge in [0.1, 0.15) is 0 Å². The van der Waals surface area contributed by atoms with Crippen LogP contribution in [0.15, 0.2) is 65.7 Å². The molecule has 1 amide bonds. The molecule has 0 atom stereocenters. The van der Waals surface area contributed by atoms with Gasteiger partial charge in [0, 0.05) is 11.8 Å². The van der Waals surface area contributed by atoms with Gasteiger partial charge in [-0.1, -0.05) is 12.1 Å². The molecule has 2 aromatic heterocycles. The van der Waals surface area contributed by atoms with E-state index in [1.165, 1.54) is 4.57 Å². The van der Waals surface area contributed by atoms with E-state index in [9.17, 15) is 9.59 Å². The number of hydrogen-bond acceptors (Lipinski definition) is 4. The van der Waals surface area contributed by atoms with Crippen molar-refractivity contribution in [3.63, 3.8) is 0 Å². The van der Waals surface area contributed by atoms with Crippen LogP contribution in [0.2, 0.25) is 0 Å². The molecule has 4 aromatic rings. The fourth-order valence-corrected chi connectivity index (χ4v) is 3.49. The van der Waals surface area contributed by atoms with Gasteiger partial charge in [-0.15, -0.1) is 0 Å². The molecule has 2 N–H and O–H groups in total. The summed E-state index contributed by atoms with van der Waals surface area (Å²) < 4.78 is 1.77. The summed E-state index contributed by atoms with van der Waals surface area (Å²) in [6.45, 7) is 3.95. The number of hydrogen-bond donors (Lipinski definition) is 2. The van der Waals surface area contributed by atoms with Crippen molar-refractivity contribution in [1.82, 2.24) is 14.5 Å². The molecule has 0 saturated carbocycles. The molecular weight excluding hydrogens is 384 g/mol. The number of H-pyrrole nitrogens is 1. The molecule has 29 heavy (non-hydrogen) atoms. The smallest absolute Gasteiger partial charge is 0.266 e. The molecule has 0 unspecified atom stereocenters. The van der Waals surface area contributed by atoms with Crippen LogP contribution in [-0.4, -0.2) is 20.4 Å². The molecular formula is C22H18N4O2S. The van der Waals surface area contributed by atoms with Gasteiger partial charge in [0.15, 0.2) is 4.77 Å². The average molecular weight is 402 g/mol. The zero-order chi connectivity index (χ0) is 20.5. The molecule has 144 valence electrons. The minimum Gasteiger partial charge on any atom is -0.331 e. The highest BCUT2D eigenvalue weighted by atomic mass is 32.1. The van der Waals surface area contributed by atoms with Crippen LogP contribution < -0.4 is 10.9 Å². The van der Waals surface area contributed by atoms with Crippen LogP contribution in [-0.2, 0) is 0 Å². The number of benzene rings is 2. The van der Waals surface area contributed by atoms with E-state index in [0.29, 0.717) is 22.2 Å². The fraction of sp³-hybridized carbons (Fsp3) is 0.0909. The van der Waals surface area contributed by atoms with Crippen LogP contribution in [0.5, 0.6) is 0 Å². The van der Waals surface area contributed by atoms with Gasteiger partial charge in [0.05, 0.1) is 28.5 Å². The molecule has 2 heterocycles. The second-order valence-electron chi connectivity index (χ2n) is 6.75. The molecule has 6 nitrogen and oxygen atoms in total. The first-order valence-electron chi connectivity index (χ1n) is 9.03. The highest BCUT2D eigenvalue weighted by Gasteiger charge is 2.13. The van der Waals surface area contributed by atoms with Crippen LogP contribution >= 0.6 is 12.2 Å². The Morgan fingerprint density at radius 3 is 2.72 bits per heavy atom. The number of carbonyl (C=O) groups excluding carboxylic acids is 1. The molecule has 4 rings (SSSR count). The van der Waals surface area contributed by atoms with Crippen molar-refractivity contribution in [3.8, 4) is 5.69 Å². The van der Waals surface area contributed by atoms with E-state index in [4.69, 9.17) is 12.2 Å². The van der Waals surface area contributed by atoms with Gasteiger partial charge in [-0.2, -0.15) is 0 Å². The minimum atomic E-state index is -0.294. The Labute approximate surface area is 171 Å². The third-order valence-electron chi connectivity index (χ3n) is 4.90. The van der Waals surface area contributed by atoms with Crippen molar-refractivity contribution >= 4 is 34.7 Å². The highest BCUT2D eigenvalue weighted by molar-refractivity contribution is 7.71. The first kappa shape index (κ1) is 18.8. The summed E-state index contributed by atoms with van der Waals surface area (Å²) in [5.74, 6) is -0.294. The maximum absolute atomic E-state index is 13.2. The van der Waals surface area contributed by atoms with Gasteiger partial charge < -0.3 is 10.3 Å². The molecule has 0 aliphatic carbocycles. The topological polar surface area (TPSA) is 79.8 Å². The number of nitrogens with one attached hydrogen (secondary N) is 2. The minimum absolute atomic E-state index is 0.225. The van der Waals surface area contributed by atoms with E-state index >= 15 is 0 Å². The molecule has 0 saturated heterocycles. The van der Waals surface area contributed by atoms with E-state index < -0.39 is 0 Å². The Bertz CT molecular complexity index is 1360. The molecule has 0 spiro atoms. The van der Waals surface area contributed by atoms with Gasteiger partial charge in [0.2, 0.25) is 0 Å². The summed E-state index contributed by atoms with van der Waals surface area (Å²) in [6, 6.07) is 14.1.